The van der Waals surface area contributed by atoms with Crippen LogP contribution in [-0.2, 0) is 10.2 Å². The van der Waals surface area contributed by atoms with Crippen LogP contribution < -0.4 is 5.73 Å². The van der Waals surface area contributed by atoms with Gasteiger partial charge in [0.25, 0.3) is 0 Å². The maximum Gasteiger partial charge on any atom is 0.338 e. The Morgan fingerprint density at radius 1 is 1.31 bits per heavy atom. The van der Waals surface area contributed by atoms with Crippen LogP contribution in [0.1, 0.15) is 43.6 Å². The summed E-state index contributed by atoms with van der Waals surface area (Å²) in [5, 5.41) is 0. The van der Waals surface area contributed by atoms with Gasteiger partial charge in [0.05, 0.1) is 12.2 Å². The topological polar surface area (TPSA) is 52.3 Å². The minimum atomic E-state index is -0.319. The van der Waals surface area contributed by atoms with E-state index in [4.69, 9.17) is 10.5 Å². The van der Waals surface area contributed by atoms with E-state index in [2.05, 4.69) is 20.8 Å². The third kappa shape index (κ3) is 2.99. The largest absolute Gasteiger partial charge is 0.462 e. The lowest BCUT2D eigenvalue weighted by atomic mass is 9.86. The molecule has 0 aromatic heterocycles. The smallest absolute Gasteiger partial charge is 0.338 e. The quantitative estimate of drug-likeness (QED) is 0.617. The number of rotatable bonds is 2. The first-order valence-electron chi connectivity index (χ1n) is 5.42. The van der Waals surface area contributed by atoms with E-state index in [0.717, 1.165) is 5.56 Å². The first-order chi connectivity index (χ1) is 7.34. The number of carbonyl (C=O) groups is 1. The predicted octanol–water partition coefficient (Wildman–Crippen LogP) is 2.74. The minimum absolute atomic E-state index is 0.0311. The minimum Gasteiger partial charge on any atom is -0.462 e. The van der Waals surface area contributed by atoms with Crippen molar-refractivity contribution in [1.29, 1.82) is 0 Å². The number of anilines is 1. The third-order valence-electron chi connectivity index (χ3n) is 2.33. The average molecular weight is 221 g/mol. The van der Waals surface area contributed by atoms with Crippen molar-refractivity contribution >= 4 is 11.7 Å². The van der Waals surface area contributed by atoms with Crippen molar-refractivity contribution in [3.05, 3.63) is 29.3 Å². The van der Waals surface area contributed by atoms with E-state index in [1.54, 1.807) is 13.0 Å². The Morgan fingerprint density at radius 2 is 1.94 bits per heavy atom. The Labute approximate surface area is 96.6 Å². The summed E-state index contributed by atoms with van der Waals surface area (Å²) in [4.78, 5) is 11.6. The molecule has 0 heterocycles. The summed E-state index contributed by atoms with van der Waals surface area (Å²) >= 11 is 0. The van der Waals surface area contributed by atoms with Gasteiger partial charge >= 0.3 is 5.97 Å². The SMILES string of the molecule is CCOC(=O)c1cc(N)cc(C(C)(C)C)c1. The highest BCUT2D eigenvalue weighted by Gasteiger charge is 2.17. The number of benzene rings is 1. The summed E-state index contributed by atoms with van der Waals surface area (Å²) in [6.45, 7) is 8.40. The van der Waals surface area contributed by atoms with Gasteiger partial charge in [-0.25, -0.2) is 4.79 Å². The molecule has 1 aromatic rings. The number of nitrogens with two attached hydrogens (primary N) is 1. The third-order valence-corrected chi connectivity index (χ3v) is 2.33. The molecule has 0 aliphatic heterocycles. The van der Waals surface area contributed by atoms with E-state index < -0.39 is 0 Å². The van der Waals surface area contributed by atoms with Crippen LogP contribution in [0.3, 0.4) is 0 Å². The fraction of sp³-hybridized carbons (Fsp3) is 0.462. The van der Waals surface area contributed by atoms with Gasteiger partial charge in [-0.1, -0.05) is 20.8 Å². The number of esters is 1. The zero-order chi connectivity index (χ0) is 12.3. The van der Waals surface area contributed by atoms with Gasteiger partial charge in [0.2, 0.25) is 0 Å². The highest BCUT2D eigenvalue weighted by Crippen LogP contribution is 2.25. The predicted molar refractivity (Wildman–Crippen MR) is 65.5 cm³/mol. The van der Waals surface area contributed by atoms with Crippen LogP contribution in [0.2, 0.25) is 0 Å². The zero-order valence-electron chi connectivity index (χ0n) is 10.3. The van der Waals surface area contributed by atoms with Gasteiger partial charge in [0.1, 0.15) is 0 Å². The Balaban J connectivity index is 3.13. The van der Waals surface area contributed by atoms with Crippen LogP contribution in [0, 0.1) is 0 Å². The summed E-state index contributed by atoms with van der Waals surface area (Å²) in [5.41, 5.74) is 7.90. The van der Waals surface area contributed by atoms with Crippen molar-refractivity contribution in [2.24, 2.45) is 0 Å². The second-order valence-electron chi connectivity index (χ2n) is 4.81. The summed E-state index contributed by atoms with van der Waals surface area (Å²) in [7, 11) is 0. The highest BCUT2D eigenvalue weighted by atomic mass is 16.5. The van der Waals surface area contributed by atoms with Crippen LogP contribution in [0.15, 0.2) is 18.2 Å². The van der Waals surface area contributed by atoms with E-state index >= 15 is 0 Å². The van der Waals surface area contributed by atoms with Crippen molar-refractivity contribution < 1.29 is 9.53 Å². The molecule has 0 spiro atoms. The first kappa shape index (κ1) is 12.6. The molecule has 0 fully saturated rings. The molecular weight excluding hydrogens is 202 g/mol. The lowest BCUT2D eigenvalue weighted by Crippen LogP contribution is -2.14. The van der Waals surface area contributed by atoms with E-state index in [1.807, 2.05) is 12.1 Å². The van der Waals surface area contributed by atoms with Gasteiger partial charge in [-0.15, -0.1) is 0 Å². The average Bonchev–Trinajstić information content (AvgIpc) is 2.16. The molecule has 0 aliphatic rings. The van der Waals surface area contributed by atoms with Gasteiger partial charge in [-0.2, -0.15) is 0 Å². The van der Waals surface area contributed by atoms with Crippen LogP contribution in [-0.4, -0.2) is 12.6 Å². The lowest BCUT2D eigenvalue weighted by Gasteiger charge is -2.20. The number of nitrogen functional groups attached to an aromatic ring is 1. The maximum atomic E-state index is 11.6. The lowest BCUT2D eigenvalue weighted by molar-refractivity contribution is 0.0526. The second-order valence-corrected chi connectivity index (χ2v) is 4.81. The van der Waals surface area contributed by atoms with Crippen molar-refractivity contribution in [1.82, 2.24) is 0 Å². The molecule has 1 aromatic carbocycles. The fourth-order valence-electron chi connectivity index (χ4n) is 1.42. The molecule has 0 bridgehead atoms. The first-order valence-corrected chi connectivity index (χ1v) is 5.42. The summed E-state index contributed by atoms with van der Waals surface area (Å²) in [5.74, 6) is -0.319. The molecule has 0 saturated carbocycles. The Morgan fingerprint density at radius 3 is 2.44 bits per heavy atom. The summed E-state index contributed by atoms with van der Waals surface area (Å²) < 4.78 is 4.96. The van der Waals surface area contributed by atoms with E-state index in [-0.39, 0.29) is 11.4 Å². The van der Waals surface area contributed by atoms with Crippen LogP contribution >= 0.6 is 0 Å². The Bertz CT molecular complexity index is 391. The number of hydrogen-bond acceptors (Lipinski definition) is 3. The van der Waals surface area contributed by atoms with Gasteiger partial charge in [-0.05, 0) is 36.1 Å². The molecule has 0 atom stereocenters. The van der Waals surface area contributed by atoms with Crippen LogP contribution in [0.25, 0.3) is 0 Å². The molecule has 88 valence electrons. The summed E-state index contributed by atoms with van der Waals surface area (Å²) in [6, 6.07) is 5.38. The number of carbonyl (C=O) groups excluding carboxylic acids is 1. The van der Waals surface area contributed by atoms with Crippen molar-refractivity contribution in [2.45, 2.75) is 33.1 Å². The maximum absolute atomic E-state index is 11.6. The van der Waals surface area contributed by atoms with Gasteiger partial charge < -0.3 is 10.5 Å². The number of hydrogen-bond donors (Lipinski definition) is 1. The molecule has 0 amide bonds. The molecule has 0 unspecified atom stereocenters. The van der Waals surface area contributed by atoms with E-state index in [9.17, 15) is 4.79 Å². The zero-order valence-corrected chi connectivity index (χ0v) is 10.3. The Hall–Kier alpha value is -1.51. The molecule has 0 saturated heterocycles. The van der Waals surface area contributed by atoms with Gasteiger partial charge in [-0.3, -0.25) is 0 Å². The molecule has 16 heavy (non-hydrogen) atoms. The molecule has 2 N–H and O–H groups in total. The Kier molecular flexibility index (Phi) is 3.58. The molecule has 0 radical (unpaired) electrons. The van der Waals surface area contributed by atoms with Crippen LogP contribution in [0.4, 0.5) is 5.69 Å². The van der Waals surface area contributed by atoms with Crippen LogP contribution in [0.5, 0.6) is 0 Å². The van der Waals surface area contributed by atoms with Crippen molar-refractivity contribution in [2.75, 3.05) is 12.3 Å². The van der Waals surface area contributed by atoms with E-state index in [1.165, 1.54) is 0 Å². The fourth-order valence-corrected chi connectivity index (χ4v) is 1.42. The van der Waals surface area contributed by atoms with Gasteiger partial charge in [0.15, 0.2) is 0 Å². The standard InChI is InChI=1S/C13H19NO2/c1-5-16-12(15)9-6-10(13(2,3)4)8-11(14)7-9/h6-8H,5,14H2,1-4H3. The molecule has 0 aliphatic carbocycles. The van der Waals surface area contributed by atoms with E-state index in [0.29, 0.717) is 17.9 Å². The van der Waals surface area contributed by atoms with Crippen molar-refractivity contribution in [3.63, 3.8) is 0 Å². The normalized spacial score (nSPS) is 11.2. The molecule has 1 rings (SSSR count). The molecular formula is C13H19NO2. The molecule has 3 heteroatoms. The molecule has 3 nitrogen and oxygen atoms in total. The highest BCUT2D eigenvalue weighted by molar-refractivity contribution is 5.90. The monoisotopic (exact) mass is 221 g/mol. The summed E-state index contributed by atoms with van der Waals surface area (Å²) in [6.07, 6.45) is 0. The van der Waals surface area contributed by atoms with Crippen molar-refractivity contribution in [3.8, 4) is 0 Å². The van der Waals surface area contributed by atoms with Gasteiger partial charge in [0, 0.05) is 5.69 Å². The number of ether oxygens (including phenoxy) is 1. The second kappa shape index (κ2) is 4.56.